The topological polar surface area (TPSA) is 291 Å². The van der Waals surface area contributed by atoms with Crippen molar-refractivity contribution >= 4 is 27.6 Å². The molecule has 10 N–H and O–H groups in total. The molecule has 4 unspecified atom stereocenters. The fraction of sp³-hybridized carbons (Fsp3) is 0.632. The molecule has 0 amide bonds. The van der Waals surface area contributed by atoms with Crippen LogP contribution in [0.25, 0.3) is 0 Å². The van der Waals surface area contributed by atoms with Gasteiger partial charge in [-0.25, -0.2) is 13.9 Å². The molecule has 0 aromatic heterocycles. The van der Waals surface area contributed by atoms with Crippen LogP contribution >= 0.6 is 15.6 Å². The number of rotatable bonds is 24. The first-order chi connectivity index (χ1) is 26.6. The molecule has 8 atom stereocenters. The number of esters is 2. The van der Waals surface area contributed by atoms with Crippen molar-refractivity contribution in [1.82, 2.24) is 6.15 Å². The molecule has 1 rings (SSSR count). The van der Waals surface area contributed by atoms with Gasteiger partial charge in [0.2, 0.25) is 0 Å². The van der Waals surface area contributed by atoms with Gasteiger partial charge in [0.05, 0.1) is 6.61 Å². The standard InChI is InChI=1S/C38H50O16P2.H3N.11H2/c1-3-5-7-9-11-13-15-16-17-19-21-23-25-27-32(40)52-30(28-50-31(39)26-24-22-20-18-14-12-10-8-6-4-2)29-51-56(48,49)54-38-35(43)33(41)34(42)37(36(38)44)53-55(45,46)47;;;;;;;;;;;;/h2,30,33-38,41-44H,3,5,7,9,11,13,15-17,19,21,23,25,27-29H2,1H3,(H,48,49)(H2,45,46,47);1H3;11*1H/t30-,33+,34?,35?,36-,37-,38?;;;;;;;;;;;;/m1............/s1. The maximum atomic E-state index is 12.8. The average molecular weight is 864 g/mol. The molecule has 1 aliphatic rings. The summed E-state index contributed by atoms with van der Waals surface area (Å²) in [6.07, 6.45) is 3.86. The number of ether oxygens (including phenoxy) is 2. The number of carbonyl (C=O) groups excluding carboxylic acids is 2. The van der Waals surface area contributed by atoms with Crippen LogP contribution in [0.3, 0.4) is 0 Å². The van der Waals surface area contributed by atoms with Crippen molar-refractivity contribution in [1.29, 1.82) is 0 Å². The quantitative estimate of drug-likeness (QED) is 0.0211. The van der Waals surface area contributed by atoms with Crippen LogP contribution < -0.4 is 6.15 Å². The summed E-state index contributed by atoms with van der Waals surface area (Å²) in [6.45, 7) is 0.517. The molecule has 0 spiro atoms. The molecule has 0 aromatic rings. The molecule has 338 valence electrons. The highest BCUT2D eigenvalue weighted by Gasteiger charge is 2.54. The second kappa shape index (κ2) is 30.4. The fourth-order valence-corrected chi connectivity index (χ4v) is 6.68. The number of unbranched alkanes of at least 4 members (excludes halogenated alkanes) is 12. The third-order valence-corrected chi connectivity index (χ3v) is 9.41. The highest BCUT2D eigenvalue weighted by atomic mass is 31.2. The first kappa shape index (κ1) is 53.3. The van der Waals surface area contributed by atoms with E-state index >= 15 is 0 Å². The third-order valence-electron chi connectivity index (χ3n) is 7.90. The summed E-state index contributed by atoms with van der Waals surface area (Å²) >= 11 is 0. The van der Waals surface area contributed by atoms with Crippen molar-refractivity contribution < 1.29 is 92.6 Å². The van der Waals surface area contributed by atoms with E-state index in [0.29, 0.717) is 6.42 Å². The maximum Gasteiger partial charge on any atom is 0.472 e. The first-order valence-corrected chi connectivity index (χ1v) is 21.1. The van der Waals surface area contributed by atoms with Crippen LogP contribution in [0.5, 0.6) is 0 Å². The van der Waals surface area contributed by atoms with Crippen molar-refractivity contribution in [2.24, 2.45) is 0 Å². The summed E-state index contributed by atoms with van der Waals surface area (Å²) in [5, 5.41) is 40.9. The summed E-state index contributed by atoms with van der Waals surface area (Å²) in [5.74, 6) is 23.0. The van der Waals surface area contributed by atoms with Gasteiger partial charge in [-0.2, -0.15) is 0 Å². The summed E-state index contributed by atoms with van der Waals surface area (Å²) in [6, 6.07) is 0. The Bertz CT molecular complexity index is 1750. The summed E-state index contributed by atoms with van der Waals surface area (Å²) in [5.41, 5.74) is 0. The monoisotopic (exact) mass is 863 g/mol. The van der Waals surface area contributed by atoms with E-state index in [1.807, 2.05) is 5.92 Å². The Labute approximate surface area is 350 Å². The Morgan fingerprint density at radius 2 is 1.11 bits per heavy atom. The number of terminal acetylenes is 1. The van der Waals surface area contributed by atoms with Gasteiger partial charge in [0.15, 0.2) is 6.10 Å². The van der Waals surface area contributed by atoms with E-state index in [-0.39, 0.29) is 28.3 Å². The minimum Gasteiger partial charge on any atom is -0.456 e. The third kappa shape index (κ3) is 25.3. The molecule has 1 fully saturated rings. The van der Waals surface area contributed by atoms with E-state index in [1.54, 1.807) is 0 Å². The molecule has 17 nitrogen and oxygen atoms in total. The number of aliphatic hydroxyl groups excluding tert-OH is 4. The second-order valence-corrected chi connectivity index (χ2v) is 15.1. The van der Waals surface area contributed by atoms with E-state index in [1.165, 1.54) is 44.9 Å². The van der Waals surface area contributed by atoms with Gasteiger partial charge in [-0.3, -0.25) is 18.4 Å². The largest absolute Gasteiger partial charge is 0.472 e. The number of carbonyl (C=O) groups is 2. The molecular weight excluding hydrogens is 788 g/mol. The van der Waals surface area contributed by atoms with Gasteiger partial charge in [-0.05, 0) is 65.6 Å². The fourth-order valence-electron chi connectivity index (χ4n) is 5.14. The molecule has 0 aliphatic heterocycles. The zero-order valence-corrected chi connectivity index (χ0v) is 33.6. The van der Waals surface area contributed by atoms with E-state index in [4.69, 9.17) is 34.7 Å². The van der Waals surface area contributed by atoms with Crippen molar-refractivity contribution in [2.75, 3.05) is 13.2 Å². The minimum absolute atomic E-state index is 0. The van der Waals surface area contributed by atoms with Crippen LogP contribution in [0.2, 0.25) is 0 Å². The molecule has 0 bridgehead atoms. The summed E-state index contributed by atoms with van der Waals surface area (Å²) in [7, 11) is -10.8. The van der Waals surface area contributed by atoms with Crippen LogP contribution in [0.4, 0.5) is 0 Å². The minimum atomic E-state index is -5.39. The normalized spacial score (nSPS) is 21.1. The van der Waals surface area contributed by atoms with Crippen molar-refractivity contribution in [3.8, 4) is 71.5 Å². The molecule has 0 heterocycles. The molecule has 1 aliphatic carbocycles. The van der Waals surface area contributed by atoms with Crippen LogP contribution in [0.1, 0.15) is 113 Å². The molecule has 0 radical (unpaired) electrons. The average Bonchev–Trinajstić information content (AvgIpc) is 3.14. The molecular formula is C38H75NO16P2. The lowest BCUT2D eigenvalue weighted by molar-refractivity contribution is -0.216. The number of phosphoric acid groups is 2. The van der Waals surface area contributed by atoms with Crippen LogP contribution in [-0.4, -0.2) is 103 Å². The molecule has 1 saturated carbocycles. The number of hydrogen-bond acceptors (Lipinski definition) is 14. The van der Waals surface area contributed by atoms with Gasteiger partial charge >= 0.3 is 27.6 Å². The molecule has 0 aromatic carbocycles. The highest BCUT2D eigenvalue weighted by Crippen LogP contribution is 2.49. The molecule has 57 heavy (non-hydrogen) atoms. The van der Waals surface area contributed by atoms with Crippen molar-refractivity contribution in [2.45, 2.75) is 140 Å². The molecule has 19 heteroatoms. The lowest BCUT2D eigenvalue weighted by Crippen LogP contribution is -2.64. The SMILES string of the molecule is C#CC#CC#CC#CC#CC#CC(=O)OC[C@H](COP(=O)(O)OC1C(O)[C@@H](O)C(O)[C@@H](OP(=O)(O)O)[C@H]1O)OC(=O)CCCCCCCCCCCCCCC.N.[HH].[HH].[HH].[HH].[HH].[HH].[HH].[HH].[HH].[HH].[HH]. The van der Waals surface area contributed by atoms with Crippen LogP contribution in [0, 0.1) is 71.5 Å². The molecule has 0 saturated heterocycles. The Kier molecular flexibility index (Phi) is 28.4. The van der Waals surface area contributed by atoms with E-state index < -0.39 is 83.5 Å². The lowest BCUT2D eigenvalue weighted by Gasteiger charge is -2.43. The summed E-state index contributed by atoms with van der Waals surface area (Å²) in [4.78, 5) is 53.4. The Balaban J connectivity index is -0.000000261. The Morgan fingerprint density at radius 3 is 1.60 bits per heavy atom. The zero-order valence-electron chi connectivity index (χ0n) is 31.8. The predicted octanol–water partition coefficient (Wildman–Crippen LogP) is 4.88. The van der Waals surface area contributed by atoms with Crippen molar-refractivity contribution in [3.63, 3.8) is 0 Å². The van der Waals surface area contributed by atoms with Gasteiger partial charge in [0, 0.05) is 28.0 Å². The first-order valence-electron chi connectivity index (χ1n) is 18.1. The number of hydrogen-bond donors (Lipinski definition) is 8. The van der Waals surface area contributed by atoms with Gasteiger partial charge in [-0.15, -0.1) is 6.42 Å². The number of phosphoric ester groups is 2. The van der Waals surface area contributed by atoms with Gasteiger partial charge in [0.25, 0.3) is 0 Å². The second-order valence-electron chi connectivity index (χ2n) is 12.5. The number of aliphatic hydroxyl groups is 4. The van der Waals surface area contributed by atoms with Gasteiger partial charge < -0.3 is 50.7 Å². The van der Waals surface area contributed by atoms with E-state index in [0.717, 1.165) is 32.1 Å². The van der Waals surface area contributed by atoms with Gasteiger partial charge in [0.1, 0.15) is 43.2 Å². The summed E-state index contributed by atoms with van der Waals surface area (Å²) < 4.78 is 48.4. The Morgan fingerprint density at radius 1 is 0.649 bits per heavy atom. The zero-order chi connectivity index (χ0) is 41.8. The van der Waals surface area contributed by atoms with Crippen LogP contribution in [0.15, 0.2) is 0 Å². The smallest absolute Gasteiger partial charge is 0.456 e. The van der Waals surface area contributed by atoms with E-state index in [2.05, 4.69) is 70.7 Å². The highest BCUT2D eigenvalue weighted by molar-refractivity contribution is 7.47. The van der Waals surface area contributed by atoms with Crippen LogP contribution in [-0.2, 0) is 41.8 Å². The lowest BCUT2D eigenvalue weighted by atomic mass is 9.85. The van der Waals surface area contributed by atoms with Crippen molar-refractivity contribution in [3.05, 3.63) is 0 Å². The Hall–Kier alpha value is -3.68. The maximum absolute atomic E-state index is 12.8. The van der Waals surface area contributed by atoms with E-state index in [9.17, 15) is 44.0 Å². The predicted molar refractivity (Wildman–Crippen MR) is 229 cm³/mol. The van der Waals surface area contributed by atoms with Gasteiger partial charge in [-0.1, -0.05) is 84.0 Å².